The maximum atomic E-state index is 12.3. The molecule has 0 aromatic heterocycles. The van der Waals surface area contributed by atoms with Gasteiger partial charge >= 0.3 is 0 Å². The molecule has 0 aliphatic carbocycles. The minimum atomic E-state index is -3.85. The van der Waals surface area contributed by atoms with E-state index in [1.54, 1.807) is 0 Å². The molecular formula is C10H11Cl2NO4S2. The molecule has 0 unspecified atom stereocenters. The van der Waals surface area contributed by atoms with Gasteiger partial charge in [0.05, 0.1) is 31.7 Å². The van der Waals surface area contributed by atoms with Crippen LogP contribution in [0.1, 0.15) is 0 Å². The SMILES string of the molecule is N[C@H]1CS(=O)(=O)C[C@@H]1S(=O)(=O)c1ccc(Cl)c(Cl)c1. The summed E-state index contributed by atoms with van der Waals surface area (Å²) in [6.07, 6.45) is 0. The highest BCUT2D eigenvalue weighted by atomic mass is 35.5. The first-order valence-electron chi connectivity index (χ1n) is 5.28. The maximum Gasteiger partial charge on any atom is 0.183 e. The van der Waals surface area contributed by atoms with Gasteiger partial charge in [-0.25, -0.2) is 16.8 Å². The molecular weight excluding hydrogens is 333 g/mol. The number of halogens is 2. The van der Waals surface area contributed by atoms with Crippen molar-refractivity contribution in [3.05, 3.63) is 28.2 Å². The Labute approximate surface area is 121 Å². The van der Waals surface area contributed by atoms with Gasteiger partial charge in [0, 0.05) is 6.04 Å². The van der Waals surface area contributed by atoms with E-state index in [0.29, 0.717) is 0 Å². The quantitative estimate of drug-likeness (QED) is 0.860. The van der Waals surface area contributed by atoms with E-state index in [0.717, 1.165) is 0 Å². The van der Waals surface area contributed by atoms with Crippen LogP contribution >= 0.6 is 23.2 Å². The molecule has 1 aromatic rings. The standard InChI is InChI=1S/C10H11Cl2NO4S2/c11-7-2-1-6(3-8(7)12)19(16,17)10-5-18(14,15)4-9(10)13/h1-3,9-10H,4-5,13H2/t9-,10-/m0/s1. The van der Waals surface area contributed by atoms with Crippen molar-refractivity contribution < 1.29 is 16.8 Å². The minimum absolute atomic E-state index is 0.0700. The van der Waals surface area contributed by atoms with Gasteiger partial charge in [-0.3, -0.25) is 0 Å². The van der Waals surface area contributed by atoms with Gasteiger partial charge < -0.3 is 5.73 Å². The van der Waals surface area contributed by atoms with Crippen LogP contribution in [-0.4, -0.2) is 39.6 Å². The van der Waals surface area contributed by atoms with Crippen molar-refractivity contribution in [2.45, 2.75) is 16.2 Å². The molecule has 0 saturated carbocycles. The summed E-state index contributed by atoms with van der Waals surface area (Å²) < 4.78 is 47.6. The maximum absolute atomic E-state index is 12.3. The van der Waals surface area contributed by atoms with Crippen LogP contribution in [0.15, 0.2) is 23.1 Å². The smallest absolute Gasteiger partial charge is 0.183 e. The third-order valence-corrected chi connectivity index (χ3v) is 7.89. The molecule has 5 nitrogen and oxygen atoms in total. The Morgan fingerprint density at radius 2 is 1.79 bits per heavy atom. The highest BCUT2D eigenvalue weighted by molar-refractivity contribution is 7.96. The molecule has 1 aliphatic rings. The van der Waals surface area contributed by atoms with Crippen LogP contribution in [0.4, 0.5) is 0 Å². The second-order valence-corrected chi connectivity index (χ2v) is 9.54. The lowest BCUT2D eigenvalue weighted by Crippen LogP contribution is -2.39. The lowest BCUT2D eigenvalue weighted by molar-refractivity contribution is 0.574. The number of hydrogen-bond donors (Lipinski definition) is 1. The molecule has 19 heavy (non-hydrogen) atoms. The van der Waals surface area contributed by atoms with E-state index in [-0.39, 0.29) is 20.7 Å². The Kier molecular flexibility index (Phi) is 3.88. The first-order valence-corrected chi connectivity index (χ1v) is 9.41. The lowest BCUT2D eigenvalue weighted by atomic mass is 10.3. The van der Waals surface area contributed by atoms with Gasteiger partial charge in [-0.05, 0) is 18.2 Å². The second-order valence-electron chi connectivity index (χ2n) is 4.40. The predicted octanol–water partition coefficient (Wildman–Crippen LogP) is 0.891. The molecule has 2 N–H and O–H groups in total. The predicted molar refractivity (Wildman–Crippen MR) is 74.1 cm³/mol. The van der Waals surface area contributed by atoms with Crippen molar-refractivity contribution in [2.75, 3.05) is 11.5 Å². The van der Waals surface area contributed by atoms with Crippen molar-refractivity contribution >= 4 is 42.9 Å². The summed E-state index contributed by atoms with van der Waals surface area (Å²) in [5, 5.41) is -0.823. The summed E-state index contributed by atoms with van der Waals surface area (Å²) in [4.78, 5) is -0.0700. The summed E-state index contributed by atoms with van der Waals surface area (Å²) in [5.74, 6) is -0.783. The summed E-state index contributed by atoms with van der Waals surface area (Å²) in [6.45, 7) is 0. The van der Waals surface area contributed by atoms with Crippen LogP contribution in [-0.2, 0) is 19.7 Å². The molecule has 1 fully saturated rings. The largest absolute Gasteiger partial charge is 0.326 e. The molecule has 1 heterocycles. The van der Waals surface area contributed by atoms with Crippen LogP contribution < -0.4 is 5.73 Å². The summed E-state index contributed by atoms with van der Waals surface area (Å²) in [6, 6.07) is 2.92. The van der Waals surface area contributed by atoms with Gasteiger partial charge in [0.15, 0.2) is 19.7 Å². The Hall–Kier alpha value is -0.340. The Balaban J connectivity index is 2.46. The van der Waals surface area contributed by atoms with E-state index >= 15 is 0 Å². The number of benzene rings is 1. The third kappa shape index (κ3) is 2.90. The van der Waals surface area contributed by atoms with Crippen LogP contribution in [0.2, 0.25) is 10.0 Å². The highest BCUT2D eigenvalue weighted by Crippen LogP contribution is 2.29. The average Bonchev–Trinajstić information content (AvgIpc) is 2.56. The van der Waals surface area contributed by atoms with E-state index in [1.165, 1.54) is 18.2 Å². The number of rotatable bonds is 2. The van der Waals surface area contributed by atoms with Crippen LogP contribution in [0.25, 0.3) is 0 Å². The Morgan fingerprint density at radius 3 is 2.26 bits per heavy atom. The Morgan fingerprint density at radius 1 is 1.16 bits per heavy atom. The van der Waals surface area contributed by atoms with Gasteiger partial charge in [-0.1, -0.05) is 23.2 Å². The fourth-order valence-corrected chi connectivity index (χ4v) is 6.96. The molecule has 1 saturated heterocycles. The van der Waals surface area contributed by atoms with E-state index < -0.39 is 36.7 Å². The molecule has 0 bridgehead atoms. The summed E-state index contributed by atoms with van der Waals surface area (Å²) in [5.41, 5.74) is 5.63. The highest BCUT2D eigenvalue weighted by Gasteiger charge is 2.44. The van der Waals surface area contributed by atoms with E-state index in [1.807, 2.05) is 0 Å². The zero-order valence-electron chi connectivity index (χ0n) is 9.58. The van der Waals surface area contributed by atoms with Gasteiger partial charge in [-0.15, -0.1) is 0 Å². The third-order valence-electron chi connectivity index (χ3n) is 2.96. The first kappa shape index (κ1) is 15.1. The van der Waals surface area contributed by atoms with Gasteiger partial charge in [0.2, 0.25) is 0 Å². The molecule has 0 radical (unpaired) electrons. The molecule has 1 aliphatic heterocycles. The van der Waals surface area contributed by atoms with E-state index in [9.17, 15) is 16.8 Å². The fourth-order valence-electron chi connectivity index (χ4n) is 1.99. The zero-order chi connectivity index (χ0) is 14.4. The first-order chi connectivity index (χ1) is 8.63. The Bertz CT molecular complexity index is 715. The van der Waals surface area contributed by atoms with E-state index in [4.69, 9.17) is 28.9 Å². The van der Waals surface area contributed by atoms with Crippen LogP contribution in [0, 0.1) is 0 Å². The zero-order valence-corrected chi connectivity index (χ0v) is 12.7. The number of hydrogen-bond acceptors (Lipinski definition) is 5. The average molecular weight is 344 g/mol. The van der Waals surface area contributed by atoms with Crippen molar-refractivity contribution in [3.8, 4) is 0 Å². The van der Waals surface area contributed by atoms with Crippen LogP contribution in [0.3, 0.4) is 0 Å². The van der Waals surface area contributed by atoms with Crippen LogP contribution in [0.5, 0.6) is 0 Å². The van der Waals surface area contributed by atoms with Crippen molar-refractivity contribution in [1.82, 2.24) is 0 Å². The molecule has 106 valence electrons. The molecule has 2 atom stereocenters. The van der Waals surface area contributed by atoms with Crippen molar-refractivity contribution in [2.24, 2.45) is 5.73 Å². The monoisotopic (exact) mass is 343 g/mol. The second kappa shape index (κ2) is 4.89. The molecule has 2 rings (SSSR count). The van der Waals surface area contributed by atoms with E-state index in [2.05, 4.69) is 0 Å². The summed E-state index contributed by atoms with van der Waals surface area (Å²) >= 11 is 11.5. The molecule has 9 heteroatoms. The molecule has 1 aromatic carbocycles. The fraction of sp³-hybridized carbons (Fsp3) is 0.400. The van der Waals surface area contributed by atoms with Gasteiger partial charge in [0.25, 0.3) is 0 Å². The van der Waals surface area contributed by atoms with Crippen molar-refractivity contribution in [3.63, 3.8) is 0 Å². The van der Waals surface area contributed by atoms with Gasteiger partial charge in [0.1, 0.15) is 0 Å². The summed E-state index contributed by atoms with van der Waals surface area (Å²) in [7, 11) is -7.26. The van der Waals surface area contributed by atoms with Gasteiger partial charge in [-0.2, -0.15) is 0 Å². The normalized spacial score (nSPS) is 26.5. The molecule has 0 spiro atoms. The minimum Gasteiger partial charge on any atom is -0.326 e. The van der Waals surface area contributed by atoms with Crippen molar-refractivity contribution in [1.29, 1.82) is 0 Å². The number of nitrogens with two attached hydrogens (primary N) is 1. The lowest BCUT2D eigenvalue weighted by Gasteiger charge is -2.15. The number of sulfone groups is 2. The molecule has 0 amide bonds. The topological polar surface area (TPSA) is 94.3 Å².